The Morgan fingerprint density at radius 3 is 2.04 bits per heavy atom. The predicted molar refractivity (Wildman–Crippen MR) is 90.4 cm³/mol. The quantitative estimate of drug-likeness (QED) is 0.426. The molecule has 0 radical (unpaired) electrons. The molecule has 0 unspecified atom stereocenters. The first-order chi connectivity index (χ1) is 11.2. The summed E-state index contributed by atoms with van der Waals surface area (Å²) < 4.78 is 10.6. The van der Waals surface area contributed by atoms with Crippen LogP contribution in [0.4, 0.5) is 0 Å². The lowest BCUT2D eigenvalue weighted by atomic mass is 10.1. The third-order valence-corrected chi connectivity index (χ3v) is 4.50. The number of rotatable bonds is 14. The van der Waals surface area contributed by atoms with Gasteiger partial charge in [0.15, 0.2) is 0 Å². The van der Waals surface area contributed by atoms with Gasteiger partial charge in [0, 0.05) is 6.61 Å². The average Bonchev–Trinajstić information content (AvgIpc) is 2.88. The molecule has 1 aliphatic rings. The molecule has 0 aromatic rings. The van der Waals surface area contributed by atoms with Crippen LogP contribution in [0, 0.1) is 0 Å². The fourth-order valence-corrected chi connectivity index (χ4v) is 2.95. The van der Waals surface area contributed by atoms with Gasteiger partial charge in [-0.25, -0.2) is 0 Å². The van der Waals surface area contributed by atoms with Crippen LogP contribution in [0.25, 0.3) is 0 Å². The summed E-state index contributed by atoms with van der Waals surface area (Å²) in [4.78, 5) is 0. The molecule has 138 valence electrons. The summed E-state index contributed by atoms with van der Waals surface area (Å²) in [7, 11) is 0. The lowest BCUT2D eigenvalue weighted by Gasteiger charge is -2.20. The van der Waals surface area contributed by atoms with E-state index in [1.54, 1.807) is 0 Å². The standard InChI is InChI=1S/C18H36O5/c1-2-3-4-5-6-7-8-9-10-11-12-22-13-16(20)18-17(21)15(19)14-23-18/h15-21H,2-14H2,1H3/t15-,16+,17-,18-/m0/s1. The molecule has 1 heterocycles. The topological polar surface area (TPSA) is 79.2 Å². The molecular weight excluding hydrogens is 296 g/mol. The Hall–Kier alpha value is -0.200. The highest BCUT2D eigenvalue weighted by Crippen LogP contribution is 2.18. The summed E-state index contributed by atoms with van der Waals surface area (Å²) in [6, 6.07) is 0. The van der Waals surface area contributed by atoms with E-state index in [4.69, 9.17) is 9.47 Å². The number of aliphatic hydroxyl groups is 3. The van der Waals surface area contributed by atoms with Crippen LogP contribution >= 0.6 is 0 Å². The molecule has 23 heavy (non-hydrogen) atoms. The van der Waals surface area contributed by atoms with Crippen LogP contribution in [0.1, 0.15) is 71.1 Å². The molecule has 1 saturated heterocycles. The van der Waals surface area contributed by atoms with Crippen molar-refractivity contribution in [2.75, 3.05) is 19.8 Å². The molecule has 0 bridgehead atoms. The largest absolute Gasteiger partial charge is 0.388 e. The number of aliphatic hydroxyl groups excluding tert-OH is 3. The average molecular weight is 332 g/mol. The van der Waals surface area contributed by atoms with Crippen LogP contribution in [0.2, 0.25) is 0 Å². The predicted octanol–water partition coefficient (Wildman–Crippen LogP) is 2.41. The Morgan fingerprint density at radius 2 is 1.52 bits per heavy atom. The van der Waals surface area contributed by atoms with Gasteiger partial charge in [-0.15, -0.1) is 0 Å². The van der Waals surface area contributed by atoms with Crippen LogP contribution < -0.4 is 0 Å². The van der Waals surface area contributed by atoms with Gasteiger partial charge in [0.05, 0.1) is 13.2 Å². The molecule has 1 rings (SSSR count). The Balaban J connectivity index is 1.84. The third-order valence-electron chi connectivity index (χ3n) is 4.50. The molecule has 5 nitrogen and oxygen atoms in total. The Labute approximate surface area is 141 Å². The number of unbranched alkanes of at least 4 members (excludes halogenated alkanes) is 9. The van der Waals surface area contributed by atoms with Gasteiger partial charge in [0.1, 0.15) is 24.4 Å². The fourth-order valence-electron chi connectivity index (χ4n) is 2.95. The fraction of sp³-hybridized carbons (Fsp3) is 1.00. The molecule has 4 atom stereocenters. The van der Waals surface area contributed by atoms with Crippen molar-refractivity contribution in [2.45, 2.75) is 95.5 Å². The summed E-state index contributed by atoms with van der Waals surface area (Å²) >= 11 is 0. The van der Waals surface area contributed by atoms with Crippen LogP contribution in [0.5, 0.6) is 0 Å². The maximum Gasteiger partial charge on any atom is 0.114 e. The van der Waals surface area contributed by atoms with E-state index in [0.29, 0.717) is 6.61 Å². The summed E-state index contributed by atoms with van der Waals surface area (Å²) in [5.41, 5.74) is 0. The first-order valence-corrected chi connectivity index (χ1v) is 9.40. The molecule has 0 saturated carbocycles. The zero-order chi connectivity index (χ0) is 16.9. The minimum absolute atomic E-state index is 0.0708. The van der Waals surface area contributed by atoms with Crippen molar-refractivity contribution >= 4 is 0 Å². The molecule has 5 heteroatoms. The SMILES string of the molecule is CCCCCCCCCCCCOC[C@@H](O)[C@@H]1OC[C@H](O)[C@@H]1O. The van der Waals surface area contributed by atoms with Crippen LogP contribution in [0.15, 0.2) is 0 Å². The van der Waals surface area contributed by atoms with Gasteiger partial charge in [0.25, 0.3) is 0 Å². The molecular formula is C18H36O5. The molecule has 1 fully saturated rings. The van der Waals surface area contributed by atoms with E-state index in [1.165, 1.54) is 51.4 Å². The molecule has 0 aromatic heterocycles. The van der Waals surface area contributed by atoms with Crippen molar-refractivity contribution < 1.29 is 24.8 Å². The minimum atomic E-state index is -1.02. The highest BCUT2D eigenvalue weighted by molar-refractivity contribution is 4.87. The lowest BCUT2D eigenvalue weighted by molar-refractivity contribution is -0.0813. The lowest BCUT2D eigenvalue weighted by Crippen LogP contribution is -2.40. The molecule has 0 amide bonds. The van der Waals surface area contributed by atoms with E-state index >= 15 is 0 Å². The van der Waals surface area contributed by atoms with Gasteiger partial charge in [-0.1, -0.05) is 64.7 Å². The summed E-state index contributed by atoms with van der Waals surface area (Å²) in [6.45, 7) is 3.08. The third kappa shape index (κ3) is 9.01. The maximum atomic E-state index is 9.88. The van der Waals surface area contributed by atoms with Gasteiger partial charge in [-0.05, 0) is 6.42 Å². The maximum absolute atomic E-state index is 9.88. The summed E-state index contributed by atoms with van der Waals surface area (Å²) in [5.74, 6) is 0. The van der Waals surface area contributed by atoms with E-state index in [-0.39, 0.29) is 13.2 Å². The molecule has 1 aliphatic heterocycles. The van der Waals surface area contributed by atoms with Gasteiger partial charge in [-0.2, -0.15) is 0 Å². The first-order valence-electron chi connectivity index (χ1n) is 9.40. The van der Waals surface area contributed by atoms with E-state index in [9.17, 15) is 15.3 Å². The van der Waals surface area contributed by atoms with Gasteiger partial charge >= 0.3 is 0 Å². The smallest absolute Gasteiger partial charge is 0.114 e. The molecule has 0 aliphatic carbocycles. The zero-order valence-electron chi connectivity index (χ0n) is 14.7. The second-order valence-corrected chi connectivity index (χ2v) is 6.68. The summed E-state index contributed by atoms with van der Waals surface area (Å²) in [6.07, 6.45) is 9.27. The van der Waals surface area contributed by atoms with Crippen LogP contribution in [-0.2, 0) is 9.47 Å². The number of ether oxygens (including phenoxy) is 2. The number of hydrogen-bond donors (Lipinski definition) is 3. The van der Waals surface area contributed by atoms with E-state index in [0.717, 1.165) is 12.8 Å². The Bertz CT molecular complexity index is 274. The second-order valence-electron chi connectivity index (χ2n) is 6.68. The van der Waals surface area contributed by atoms with Crippen molar-refractivity contribution in [3.8, 4) is 0 Å². The number of hydrogen-bond acceptors (Lipinski definition) is 5. The Morgan fingerprint density at radius 1 is 0.957 bits per heavy atom. The highest BCUT2D eigenvalue weighted by Gasteiger charge is 2.39. The van der Waals surface area contributed by atoms with Crippen molar-refractivity contribution in [1.82, 2.24) is 0 Å². The van der Waals surface area contributed by atoms with Crippen molar-refractivity contribution in [3.05, 3.63) is 0 Å². The zero-order valence-corrected chi connectivity index (χ0v) is 14.7. The van der Waals surface area contributed by atoms with E-state index < -0.39 is 24.4 Å². The monoisotopic (exact) mass is 332 g/mol. The van der Waals surface area contributed by atoms with E-state index in [1.807, 2.05) is 0 Å². The molecule has 3 N–H and O–H groups in total. The van der Waals surface area contributed by atoms with Gasteiger partial charge in [0.2, 0.25) is 0 Å². The minimum Gasteiger partial charge on any atom is -0.388 e. The first kappa shape index (κ1) is 20.8. The normalized spacial score (nSPS) is 25.8. The molecule has 0 spiro atoms. The van der Waals surface area contributed by atoms with Crippen molar-refractivity contribution in [3.63, 3.8) is 0 Å². The molecule has 0 aromatic carbocycles. The van der Waals surface area contributed by atoms with Crippen LogP contribution in [-0.4, -0.2) is 59.6 Å². The van der Waals surface area contributed by atoms with Gasteiger partial charge in [-0.3, -0.25) is 0 Å². The van der Waals surface area contributed by atoms with E-state index in [2.05, 4.69) is 6.92 Å². The van der Waals surface area contributed by atoms with Crippen molar-refractivity contribution in [1.29, 1.82) is 0 Å². The van der Waals surface area contributed by atoms with Crippen molar-refractivity contribution in [2.24, 2.45) is 0 Å². The van der Waals surface area contributed by atoms with Crippen LogP contribution in [0.3, 0.4) is 0 Å². The summed E-state index contributed by atoms with van der Waals surface area (Å²) in [5, 5.41) is 28.9. The Kier molecular flexibility index (Phi) is 11.9. The van der Waals surface area contributed by atoms with Gasteiger partial charge < -0.3 is 24.8 Å². The highest BCUT2D eigenvalue weighted by atomic mass is 16.5. The second kappa shape index (κ2) is 13.1.